The number of carbonyl (C=O) groups is 2. The average molecular weight is 296 g/mol. The number of carbonyl (C=O) groups excluding carboxylic acids is 1. The highest BCUT2D eigenvalue weighted by atomic mass is 19.1. The number of amides is 2. The SMILES string of the molecule is COc1ccc(NC(=O)N2CC(C(C)C(=O)O)C2)cc1F. The maximum Gasteiger partial charge on any atom is 0.321 e. The second-order valence-corrected chi connectivity index (χ2v) is 5.07. The maximum atomic E-state index is 13.5. The molecule has 1 aromatic carbocycles. The lowest BCUT2D eigenvalue weighted by Gasteiger charge is -2.41. The van der Waals surface area contributed by atoms with Gasteiger partial charge in [0.25, 0.3) is 0 Å². The third-order valence-corrected chi connectivity index (χ3v) is 3.70. The minimum atomic E-state index is -0.864. The Balaban J connectivity index is 1.89. The molecular weight excluding hydrogens is 279 g/mol. The lowest BCUT2D eigenvalue weighted by molar-refractivity contribution is -0.144. The van der Waals surface area contributed by atoms with E-state index in [1.165, 1.54) is 30.2 Å². The first-order valence-corrected chi connectivity index (χ1v) is 6.54. The van der Waals surface area contributed by atoms with Crippen LogP contribution in [0.5, 0.6) is 5.75 Å². The summed E-state index contributed by atoms with van der Waals surface area (Å²) in [5.41, 5.74) is 0.327. The molecule has 0 bridgehead atoms. The van der Waals surface area contributed by atoms with Crippen molar-refractivity contribution in [1.82, 2.24) is 4.90 Å². The van der Waals surface area contributed by atoms with E-state index < -0.39 is 17.7 Å². The highest BCUT2D eigenvalue weighted by molar-refractivity contribution is 5.90. The number of carboxylic acid groups (broad SMARTS) is 1. The van der Waals surface area contributed by atoms with Gasteiger partial charge in [-0.25, -0.2) is 9.18 Å². The summed E-state index contributed by atoms with van der Waals surface area (Å²) in [6.07, 6.45) is 0. The van der Waals surface area contributed by atoms with Crippen molar-refractivity contribution in [3.8, 4) is 5.75 Å². The first-order chi connectivity index (χ1) is 9.92. The van der Waals surface area contributed by atoms with Gasteiger partial charge in [-0.2, -0.15) is 0 Å². The zero-order valence-electron chi connectivity index (χ0n) is 11.8. The van der Waals surface area contributed by atoms with Gasteiger partial charge in [0, 0.05) is 30.8 Å². The van der Waals surface area contributed by atoms with Gasteiger partial charge in [0.15, 0.2) is 11.6 Å². The van der Waals surface area contributed by atoms with Crippen LogP contribution in [0, 0.1) is 17.7 Å². The van der Waals surface area contributed by atoms with Crippen LogP contribution in [0.2, 0.25) is 0 Å². The smallest absolute Gasteiger partial charge is 0.321 e. The minimum Gasteiger partial charge on any atom is -0.494 e. The summed E-state index contributed by atoms with van der Waals surface area (Å²) >= 11 is 0. The molecule has 7 heteroatoms. The fourth-order valence-corrected chi connectivity index (χ4v) is 2.14. The topological polar surface area (TPSA) is 78.9 Å². The summed E-state index contributed by atoms with van der Waals surface area (Å²) in [6, 6.07) is 3.77. The predicted molar refractivity (Wildman–Crippen MR) is 73.8 cm³/mol. The van der Waals surface area contributed by atoms with Gasteiger partial charge < -0.3 is 20.1 Å². The minimum absolute atomic E-state index is 0.0409. The van der Waals surface area contributed by atoms with E-state index in [0.29, 0.717) is 18.8 Å². The second kappa shape index (κ2) is 5.99. The number of hydrogen-bond donors (Lipinski definition) is 2. The number of halogens is 1. The van der Waals surface area contributed by atoms with Gasteiger partial charge in [-0.3, -0.25) is 4.79 Å². The molecule has 1 aromatic rings. The van der Waals surface area contributed by atoms with Gasteiger partial charge in [-0.05, 0) is 12.1 Å². The van der Waals surface area contributed by atoms with Crippen LogP contribution < -0.4 is 10.1 Å². The summed E-state index contributed by atoms with van der Waals surface area (Å²) < 4.78 is 18.3. The third kappa shape index (κ3) is 3.24. The fourth-order valence-electron chi connectivity index (χ4n) is 2.14. The Bertz CT molecular complexity index is 558. The molecule has 21 heavy (non-hydrogen) atoms. The number of rotatable bonds is 4. The van der Waals surface area contributed by atoms with Gasteiger partial charge in [-0.15, -0.1) is 0 Å². The molecule has 1 fully saturated rings. The van der Waals surface area contributed by atoms with Crippen LogP contribution in [-0.4, -0.2) is 42.2 Å². The third-order valence-electron chi connectivity index (χ3n) is 3.70. The van der Waals surface area contributed by atoms with Crippen LogP contribution in [0.15, 0.2) is 18.2 Å². The summed E-state index contributed by atoms with van der Waals surface area (Å²) in [5.74, 6) is -1.84. The number of urea groups is 1. The first kappa shape index (κ1) is 15.1. The Morgan fingerprint density at radius 3 is 2.67 bits per heavy atom. The fraction of sp³-hybridized carbons (Fsp3) is 0.429. The van der Waals surface area contributed by atoms with Crippen LogP contribution in [0.3, 0.4) is 0 Å². The van der Waals surface area contributed by atoms with E-state index in [2.05, 4.69) is 5.32 Å². The Kier molecular flexibility index (Phi) is 4.30. The molecule has 1 aliphatic heterocycles. The van der Waals surface area contributed by atoms with E-state index in [4.69, 9.17) is 9.84 Å². The summed E-state index contributed by atoms with van der Waals surface area (Å²) in [4.78, 5) is 24.2. The Morgan fingerprint density at radius 1 is 1.48 bits per heavy atom. The molecule has 2 amide bonds. The van der Waals surface area contributed by atoms with Crippen LogP contribution in [0.4, 0.5) is 14.9 Å². The molecule has 1 unspecified atom stereocenters. The Hall–Kier alpha value is -2.31. The van der Waals surface area contributed by atoms with E-state index in [1.807, 2.05) is 0 Å². The lowest BCUT2D eigenvalue weighted by atomic mass is 9.87. The lowest BCUT2D eigenvalue weighted by Crippen LogP contribution is -2.54. The van der Waals surface area contributed by atoms with Crippen LogP contribution in [-0.2, 0) is 4.79 Å². The van der Waals surface area contributed by atoms with Crippen molar-refractivity contribution in [3.05, 3.63) is 24.0 Å². The zero-order chi connectivity index (χ0) is 15.6. The summed E-state index contributed by atoms with van der Waals surface area (Å²) in [6.45, 7) is 2.40. The number of nitrogens with one attached hydrogen (secondary N) is 1. The number of carboxylic acids is 1. The number of likely N-dealkylation sites (tertiary alicyclic amines) is 1. The quantitative estimate of drug-likeness (QED) is 0.891. The molecule has 0 radical (unpaired) electrons. The van der Waals surface area contributed by atoms with E-state index in [-0.39, 0.29) is 17.7 Å². The number of hydrogen-bond acceptors (Lipinski definition) is 3. The van der Waals surface area contributed by atoms with Crippen LogP contribution in [0.25, 0.3) is 0 Å². The molecule has 0 spiro atoms. The van der Waals surface area contributed by atoms with Crippen LogP contribution >= 0.6 is 0 Å². The molecule has 2 N–H and O–H groups in total. The first-order valence-electron chi connectivity index (χ1n) is 6.54. The van der Waals surface area contributed by atoms with Crippen LogP contribution in [0.1, 0.15) is 6.92 Å². The van der Waals surface area contributed by atoms with Gasteiger partial charge in [0.2, 0.25) is 0 Å². The van der Waals surface area contributed by atoms with E-state index >= 15 is 0 Å². The van der Waals surface area contributed by atoms with Gasteiger partial charge in [0.05, 0.1) is 13.0 Å². The van der Waals surface area contributed by atoms with E-state index in [1.54, 1.807) is 6.92 Å². The number of aliphatic carboxylic acids is 1. The maximum absolute atomic E-state index is 13.5. The highest BCUT2D eigenvalue weighted by Crippen LogP contribution is 2.26. The van der Waals surface area contributed by atoms with Crippen molar-refractivity contribution in [2.45, 2.75) is 6.92 Å². The highest BCUT2D eigenvalue weighted by Gasteiger charge is 2.37. The largest absolute Gasteiger partial charge is 0.494 e. The number of anilines is 1. The van der Waals surface area contributed by atoms with E-state index in [0.717, 1.165) is 0 Å². The molecule has 6 nitrogen and oxygen atoms in total. The Morgan fingerprint density at radius 2 is 2.14 bits per heavy atom. The van der Waals surface area contributed by atoms with Gasteiger partial charge in [-0.1, -0.05) is 6.92 Å². The molecule has 2 rings (SSSR count). The van der Waals surface area contributed by atoms with Gasteiger partial charge in [0.1, 0.15) is 0 Å². The van der Waals surface area contributed by atoms with Crippen molar-refractivity contribution in [2.24, 2.45) is 11.8 Å². The van der Waals surface area contributed by atoms with Crippen molar-refractivity contribution >= 4 is 17.7 Å². The van der Waals surface area contributed by atoms with Crippen molar-refractivity contribution in [3.63, 3.8) is 0 Å². The number of ether oxygens (including phenoxy) is 1. The van der Waals surface area contributed by atoms with Gasteiger partial charge >= 0.3 is 12.0 Å². The Labute approximate surface area is 121 Å². The zero-order valence-corrected chi connectivity index (χ0v) is 11.8. The number of benzene rings is 1. The van der Waals surface area contributed by atoms with Crippen molar-refractivity contribution < 1.29 is 23.8 Å². The molecule has 0 saturated carbocycles. The van der Waals surface area contributed by atoms with Crippen molar-refractivity contribution in [1.29, 1.82) is 0 Å². The number of methoxy groups -OCH3 is 1. The molecule has 1 atom stereocenters. The molecular formula is C14H17FN2O4. The molecule has 0 aliphatic carbocycles. The predicted octanol–water partition coefficient (Wildman–Crippen LogP) is 2.02. The summed E-state index contributed by atoms with van der Waals surface area (Å²) in [5, 5.41) is 11.5. The molecule has 1 heterocycles. The normalized spacial score (nSPS) is 16.0. The molecule has 1 saturated heterocycles. The molecule has 0 aromatic heterocycles. The second-order valence-electron chi connectivity index (χ2n) is 5.07. The summed E-state index contributed by atoms with van der Waals surface area (Å²) in [7, 11) is 1.36. The number of nitrogens with zero attached hydrogens (tertiary/aromatic N) is 1. The average Bonchev–Trinajstić information content (AvgIpc) is 2.36. The molecule has 114 valence electrons. The van der Waals surface area contributed by atoms with Crippen molar-refractivity contribution in [2.75, 3.05) is 25.5 Å². The standard InChI is InChI=1S/C14H17FN2O4/c1-8(13(18)19)9-6-17(7-9)14(20)16-10-3-4-12(21-2)11(15)5-10/h3-5,8-9H,6-7H2,1-2H3,(H,16,20)(H,18,19). The van der Waals surface area contributed by atoms with E-state index in [9.17, 15) is 14.0 Å². The molecule has 1 aliphatic rings. The monoisotopic (exact) mass is 296 g/mol.